The number of hydrogen-bond donors (Lipinski definition) is 1. The molecule has 0 radical (unpaired) electrons. The van der Waals surface area contributed by atoms with Crippen molar-refractivity contribution in [2.45, 2.75) is 31.6 Å². The van der Waals surface area contributed by atoms with Crippen LogP contribution in [0.25, 0.3) is 34.4 Å². The first-order valence-electron chi connectivity index (χ1n) is 13.6. The second-order valence-corrected chi connectivity index (χ2v) is 10.6. The lowest BCUT2D eigenvalue weighted by Crippen LogP contribution is -2.18. The standard InChI is InChI=1S/C33H31FN6O2S/c1-6-26-23(17-20(2)34)18-25(27-9-7-8-15-35-27)30(37-26)21(3)36-31-29-28(41)14-16-40(32(29)39-33(38-31)43-5)19-22-10-12-24(42-4)13-11-22/h6-18,21H,1,19H2,2-5H3,(H,36,38,39)/b20-17+. The summed E-state index contributed by atoms with van der Waals surface area (Å²) in [4.78, 5) is 32.1. The number of benzene rings is 1. The number of nitrogens with one attached hydrogen (secondary N) is 1. The second-order valence-electron chi connectivity index (χ2n) is 9.83. The SMILES string of the molecule is C=Cc1nc(C(C)Nc2nc(SC)nc3c2c(=O)ccn3Cc2ccc(OC)cc2)c(-c2ccccn2)cc1/C=C(\C)F. The molecular weight excluding hydrogens is 563 g/mol. The highest BCUT2D eigenvalue weighted by molar-refractivity contribution is 7.98. The van der Waals surface area contributed by atoms with Gasteiger partial charge in [0.2, 0.25) is 0 Å². The van der Waals surface area contributed by atoms with Crippen LogP contribution in [0.4, 0.5) is 10.2 Å². The summed E-state index contributed by atoms with van der Waals surface area (Å²) in [6.07, 6.45) is 8.35. The molecule has 1 atom stereocenters. The van der Waals surface area contributed by atoms with Gasteiger partial charge in [-0.25, -0.2) is 19.3 Å². The van der Waals surface area contributed by atoms with E-state index < -0.39 is 6.04 Å². The van der Waals surface area contributed by atoms with Crippen molar-refractivity contribution in [2.75, 3.05) is 18.7 Å². The fourth-order valence-electron chi connectivity index (χ4n) is 4.81. The predicted molar refractivity (Wildman–Crippen MR) is 172 cm³/mol. The largest absolute Gasteiger partial charge is 0.497 e. The van der Waals surface area contributed by atoms with Crippen molar-refractivity contribution in [2.24, 2.45) is 0 Å². The van der Waals surface area contributed by atoms with E-state index in [0.717, 1.165) is 16.9 Å². The Balaban J connectivity index is 1.62. The molecule has 4 aromatic heterocycles. The maximum atomic E-state index is 14.0. The average Bonchev–Trinajstić information content (AvgIpc) is 3.02. The van der Waals surface area contributed by atoms with Gasteiger partial charge in [0.1, 0.15) is 17.0 Å². The third-order valence-electron chi connectivity index (χ3n) is 6.85. The van der Waals surface area contributed by atoms with E-state index in [4.69, 9.17) is 19.7 Å². The van der Waals surface area contributed by atoms with E-state index >= 15 is 0 Å². The van der Waals surface area contributed by atoms with Crippen LogP contribution in [-0.2, 0) is 6.54 Å². The van der Waals surface area contributed by atoms with Crippen LogP contribution in [0.3, 0.4) is 0 Å². The lowest BCUT2D eigenvalue weighted by Gasteiger charge is -2.21. The van der Waals surface area contributed by atoms with Gasteiger partial charge in [0.25, 0.3) is 0 Å². The predicted octanol–water partition coefficient (Wildman–Crippen LogP) is 7.17. The molecule has 5 rings (SSSR count). The number of anilines is 1. The summed E-state index contributed by atoms with van der Waals surface area (Å²) in [5.74, 6) is 0.815. The number of halogens is 1. The number of fused-ring (bicyclic) bond motifs is 1. The van der Waals surface area contributed by atoms with Crippen LogP contribution < -0.4 is 15.5 Å². The van der Waals surface area contributed by atoms with Crippen molar-refractivity contribution in [1.29, 1.82) is 0 Å². The summed E-state index contributed by atoms with van der Waals surface area (Å²) < 4.78 is 21.2. The summed E-state index contributed by atoms with van der Waals surface area (Å²) in [5, 5.41) is 4.32. The van der Waals surface area contributed by atoms with E-state index in [9.17, 15) is 9.18 Å². The van der Waals surface area contributed by atoms with E-state index in [-0.39, 0.29) is 11.3 Å². The zero-order chi connectivity index (χ0) is 30.5. The van der Waals surface area contributed by atoms with E-state index in [0.29, 0.717) is 51.2 Å². The summed E-state index contributed by atoms with van der Waals surface area (Å²) in [5.41, 5.74) is 4.50. The minimum atomic E-state index is -0.428. The topological polar surface area (TPSA) is 94.8 Å². The zero-order valence-electron chi connectivity index (χ0n) is 24.3. The molecule has 0 bridgehead atoms. The molecule has 1 aromatic carbocycles. The van der Waals surface area contributed by atoms with Gasteiger partial charge in [-0.15, -0.1) is 0 Å². The highest BCUT2D eigenvalue weighted by atomic mass is 32.2. The minimum absolute atomic E-state index is 0.202. The number of ether oxygens (including phenoxy) is 1. The van der Waals surface area contributed by atoms with Crippen molar-refractivity contribution in [1.82, 2.24) is 24.5 Å². The Bertz CT molecular complexity index is 1870. The molecule has 0 saturated heterocycles. The van der Waals surface area contributed by atoms with Crippen molar-refractivity contribution in [3.8, 4) is 17.0 Å². The van der Waals surface area contributed by atoms with Gasteiger partial charge < -0.3 is 14.6 Å². The Kier molecular flexibility index (Phi) is 8.96. The van der Waals surface area contributed by atoms with E-state index in [2.05, 4.69) is 16.9 Å². The van der Waals surface area contributed by atoms with Crippen LogP contribution in [0.5, 0.6) is 5.75 Å². The Labute approximate surface area is 253 Å². The number of thioether (sulfide) groups is 1. The molecule has 0 saturated carbocycles. The molecule has 218 valence electrons. The fraction of sp³-hybridized carbons (Fsp3) is 0.182. The first-order valence-corrected chi connectivity index (χ1v) is 14.8. The second kappa shape index (κ2) is 13.0. The third-order valence-corrected chi connectivity index (χ3v) is 7.40. The van der Waals surface area contributed by atoms with Gasteiger partial charge in [-0.1, -0.05) is 36.5 Å². The smallest absolute Gasteiger partial charge is 0.194 e. The number of allylic oxidation sites excluding steroid dienone is 1. The van der Waals surface area contributed by atoms with Crippen LogP contribution in [0, 0.1) is 0 Å². The molecule has 0 aliphatic rings. The number of rotatable bonds is 10. The minimum Gasteiger partial charge on any atom is -0.497 e. The first kappa shape index (κ1) is 29.7. The first-order chi connectivity index (χ1) is 20.8. The summed E-state index contributed by atoms with van der Waals surface area (Å²) >= 11 is 1.39. The highest BCUT2D eigenvalue weighted by Gasteiger charge is 2.21. The van der Waals surface area contributed by atoms with Gasteiger partial charge in [-0.05, 0) is 68.2 Å². The Hall–Kier alpha value is -4.83. The molecule has 43 heavy (non-hydrogen) atoms. The maximum absolute atomic E-state index is 14.0. The maximum Gasteiger partial charge on any atom is 0.194 e. The number of nitrogens with zero attached hydrogens (tertiary/aromatic N) is 5. The lowest BCUT2D eigenvalue weighted by atomic mass is 9.99. The molecule has 8 nitrogen and oxygen atoms in total. The van der Waals surface area contributed by atoms with Crippen LogP contribution in [0.2, 0.25) is 0 Å². The molecule has 0 aliphatic heterocycles. The molecule has 0 spiro atoms. The number of hydrogen-bond acceptors (Lipinski definition) is 8. The summed E-state index contributed by atoms with van der Waals surface area (Å²) in [6.45, 7) is 7.71. The van der Waals surface area contributed by atoms with Gasteiger partial charge in [-0.3, -0.25) is 9.78 Å². The zero-order valence-corrected chi connectivity index (χ0v) is 25.2. The third kappa shape index (κ3) is 6.49. The van der Waals surface area contributed by atoms with Crippen LogP contribution >= 0.6 is 11.8 Å². The van der Waals surface area contributed by atoms with Crippen molar-refractivity contribution < 1.29 is 9.13 Å². The summed E-state index contributed by atoms with van der Waals surface area (Å²) in [6, 6.07) is 16.3. The van der Waals surface area contributed by atoms with Crippen LogP contribution in [0.15, 0.2) is 89.3 Å². The number of methoxy groups -OCH3 is 1. The highest BCUT2D eigenvalue weighted by Crippen LogP contribution is 2.32. The number of aromatic nitrogens is 5. The van der Waals surface area contributed by atoms with Gasteiger partial charge in [0, 0.05) is 36.1 Å². The molecule has 4 heterocycles. The summed E-state index contributed by atoms with van der Waals surface area (Å²) in [7, 11) is 1.63. The van der Waals surface area contributed by atoms with Crippen molar-refractivity contribution in [3.63, 3.8) is 0 Å². The molecule has 0 amide bonds. The van der Waals surface area contributed by atoms with Crippen molar-refractivity contribution >= 4 is 40.8 Å². The van der Waals surface area contributed by atoms with Gasteiger partial charge in [-0.2, -0.15) is 0 Å². The Morgan fingerprint density at radius 2 is 1.95 bits per heavy atom. The van der Waals surface area contributed by atoms with Crippen LogP contribution in [0.1, 0.15) is 42.4 Å². The molecule has 0 fully saturated rings. The quantitative estimate of drug-likeness (QED) is 0.134. The molecule has 5 aromatic rings. The van der Waals surface area contributed by atoms with E-state index in [1.54, 1.807) is 25.6 Å². The van der Waals surface area contributed by atoms with Gasteiger partial charge in [0.15, 0.2) is 16.2 Å². The van der Waals surface area contributed by atoms with Crippen LogP contribution in [-0.4, -0.2) is 37.9 Å². The van der Waals surface area contributed by atoms with Gasteiger partial charge >= 0.3 is 0 Å². The molecular formula is C33H31FN6O2S. The average molecular weight is 595 g/mol. The Morgan fingerprint density at radius 1 is 1.16 bits per heavy atom. The molecule has 10 heteroatoms. The van der Waals surface area contributed by atoms with E-state index in [1.165, 1.54) is 30.8 Å². The molecule has 0 aliphatic carbocycles. The van der Waals surface area contributed by atoms with Gasteiger partial charge in [0.05, 0.1) is 36.1 Å². The molecule has 1 unspecified atom stereocenters. The van der Waals surface area contributed by atoms with Crippen molar-refractivity contribution in [3.05, 3.63) is 112 Å². The normalized spacial score (nSPS) is 12.3. The monoisotopic (exact) mass is 594 g/mol. The fourth-order valence-corrected chi connectivity index (χ4v) is 5.17. The van der Waals surface area contributed by atoms with E-state index in [1.807, 2.05) is 66.3 Å². The number of pyridine rings is 3. The lowest BCUT2D eigenvalue weighted by molar-refractivity contribution is 0.414. The Morgan fingerprint density at radius 3 is 2.60 bits per heavy atom. The molecule has 1 N–H and O–H groups in total.